The fourth-order valence-corrected chi connectivity index (χ4v) is 3.52. The number of hydrogen-bond acceptors (Lipinski definition) is 5. The maximum Gasteiger partial charge on any atom is 0.232 e. The minimum atomic E-state index is 0.0424. The summed E-state index contributed by atoms with van der Waals surface area (Å²) in [4.78, 5) is 10.8. The predicted molar refractivity (Wildman–Crippen MR) is 73.6 cm³/mol. The summed E-state index contributed by atoms with van der Waals surface area (Å²) in [6, 6.07) is 0.825. The fraction of sp³-hybridized carbons (Fsp3) is 0.733. The Labute approximate surface area is 119 Å². The highest BCUT2D eigenvalue weighted by Crippen LogP contribution is 2.39. The third-order valence-electron chi connectivity index (χ3n) is 4.85. The van der Waals surface area contributed by atoms with Gasteiger partial charge in [-0.15, -0.1) is 0 Å². The Kier molecular flexibility index (Phi) is 3.11. The molecule has 2 aliphatic heterocycles. The molecule has 2 saturated heterocycles. The van der Waals surface area contributed by atoms with Gasteiger partial charge in [-0.05, 0) is 12.8 Å². The third kappa shape index (κ3) is 2.29. The smallest absolute Gasteiger partial charge is 0.232 e. The lowest BCUT2D eigenvalue weighted by Gasteiger charge is -2.57. The Morgan fingerprint density at radius 3 is 2.85 bits per heavy atom. The Balaban J connectivity index is 1.34. The van der Waals surface area contributed by atoms with Crippen LogP contribution in [0.15, 0.2) is 18.6 Å². The summed E-state index contributed by atoms with van der Waals surface area (Å²) < 4.78 is 12.0. The predicted octanol–water partition coefficient (Wildman–Crippen LogP) is 1.64. The molecule has 5 nitrogen and oxygen atoms in total. The van der Waals surface area contributed by atoms with Crippen LogP contribution >= 0.6 is 0 Å². The van der Waals surface area contributed by atoms with Gasteiger partial charge in [0.1, 0.15) is 6.10 Å². The van der Waals surface area contributed by atoms with Gasteiger partial charge in [-0.1, -0.05) is 6.42 Å². The molecule has 1 aromatic rings. The highest BCUT2D eigenvalue weighted by molar-refractivity contribution is 5.07. The van der Waals surface area contributed by atoms with Crippen LogP contribution in [-0.4, -0.2) is 52.3 Å². The first-order valence-electron chi connectivity index (χ1n) is 7.64. The summed E-state index contributed by atoms with van der Waals surface area (Å²) in [7, 11) is 0. The van der Waals surface area contributed by atoms with E-state index in [2.05, 4.69) is 14.9 Å². The average molecular weight is 275 g/mol. The molecule has 1 aliphatic carbocycles. The van der Waals surface area contributed by atoms with E-state index in [1.807, 2.05) is 0 Å². The third-order valence-corrected chi connectivity index (χ3v) is 4.85. The Morgan fingerprint density at radius 1 is 1.25 bits per heavy atom. The number of aromatic nitrogens is 2. The van der Waals surface area contributed by atoms with Crippen LogP contribution in [0.3, 0.4) is 0 Å². The molecule has 0 amide bonds. The first kappa shape index (κ1) is 12.5. The van der Waals surface area contributed by atoms with Crippen molar-refractivity contribution in [3.05, 3.63) is 18.6 Å². The summed E-state index contributed by atoms with van der Waals surface area (Å²) >= 11 is 0. The minimum absolute atomic E-state index is 0.0424. The minimum Gasteiger partial charge on any atom is -0.473 e. The second kappa shape index (κ2) is 4.97. The van der Waals surface area contributed by atoms with E-state index in [1.54, 1.807) is 18.6 Å². The van der Waals surface area contributed by atoms with Crippen molar-refractivity contribution in [3.63, 3.8) is 0 Å². The van der Waals surface area contributed by atoms with Crippen molar-refractivity contribution in [1.82, 2.24) is 14.9 Å². The number of likely N-dealkylation sites (tertiary alicyclic amines) is 1. The first-order chi connectivity index (χ1) is 9.83. The lowest BCUT2D eigenvalue weighted by atomic mass is 9.80. The maximum atomic E-state index is 6.06. The molecule has 0 bridgehead atoms. The van der Waals surface area contributed by atoms with E-state index in [1.165, 1.54) is 19.3 Å². The van der Waals surface area contributed by atoms with Crippen molar-refractivity contribution < 1.29 is 9.47 Å². The van der Waals surface area contributed by atoms with Crippen molar-refractivity contribution in [2.45, 2.75) is 49.9 Å². The molecule has 0 radical (unpaired) electrons. The van der Waals surface area contributed by atoms with Gasteiger partial charge in [0.15, 0.2) is 0 Å². The van der Waals surface area contributed by atoms with E-state index in [4.69, 9.17) is 9.47 Å². The van der Waals surface area contributed by atoms with Crippen molar-refractivity contribution >= 4 is 0 Å². The molecule has 0 unspecified atom stereocenters. The van der Waals surface area contributed by atoms with Gasteiger partial charge in [0.2, 0.25) is 5.88 Å². The summed E-state index contributed by atoms with van der Waals surface area (Å²) in [6.45, 7) is 2.96. The van der Waals surface area contributed by atoms with Gasteiger partial charge in [-0.3, -0.25) is 9.88 Å². The van der Waals surface area contributed by atoms with Crippen LogP contribution in [0.4, 0.5) is 0 Å². The number of nitrogens with zero attached hydrogens (tertiary/aromatic N) is 3. The number of rotatable bonds is 3. The number of ether oxygens (including phenoxy) is 2. The molecule has 0 aromatic carbocycles. The molecule has 4 rings (SSSR count). The number of hydrogen-bond donors (Lipinski definition) is 0. The zero-order valence-electron chi connectivity index (χ0n) is 11.7. The lowest BCUT2D eigenvalue weighted by Crippen LogP contribution is -2.69. The molecule has 1 aromatic heterocycles. The van der Waals surface area contributed by atoms with E-state index in [-0.39, 0.29) is 11.7 Å². The normalized spacial score (nSPS) is 29.7. The van der Waals surface area contributed by atoms with Crippen molar-refractivity contribution in [1.29, 1.82) is 0 Å². The fourth-order valence-electron chi connectivity index (χ4n) is 3.52. The Morgan fingerprint density at radius 2 is 2.15 bits per heavy atom. The second-order valence-electron chi connectivity index (χ2n) is 6.30. The first-order valence-corrected chi connectivity index (χ1v) is 7.64. The zero-order valence-corrected chi connectivity index (χ0v) is 11.7. The lowest BCUT2D eigenvalue weighted by molar-refractivity contribution is -0.200. The Bertz CT molecular complexity index is 457. The quantitative estimate of drug-likeness (QED) is 0.839. The van der Waals surface area contributed by atoms with Crippen LogP contribution in [0.2, 0.25) is 0 Å². The second-order valence-corrected chi connectivity index (χ2v) is 6.30. The van der Waals surface area contributed by atoms with Gasteiger partial charge in [-0.2, -0.15) is 0 Å². The van der Waals surface area contributed by atoms with Gasteiger partial charge in [0.05, 0.1) is 18.4 Å². The molecular formula is C15H21N3O2. The van der Waals surface area contributed by atoms with Gasteiger partial charge in [-0.25, -0.2) is 4.98 Å². The Hall–Kier alpha value is -1.20. The zero-order chi connectivity index (χ0) is 13.4. The molecule has 3 heterocycles. The summed E-state index contributed by atoms with van der Waals surface area (Å²) in [6.07, 6.45) is 11.3. The van der Waals surface area contributed by atoms with Crippen LogP contribution < -0.4 is 4.74 Å². The van der Waals surface area contributed by atoms with Gasteiger partial charge in [0.25, 0.3) is 0 Å². The molecule has 0 N–H and O–H groups in total. The largest absolute Gasteiger partial charge is 0.473 e. The molecule has 3 fully saturated rings. The van der Waals surface area contributed by atoms with Crippen LogP contribution in [0.5, 0.6) is 5.88 Å². The molecule has 20 heavy (non-hydrogen) atoms. The average Bonchev–Trinajstić information content (AvgIpc) is 2.37. The van der Waals surface area contributed by atoms with Gasteiger partial charge >= 0.3 is 0 Å². The van der Waals surface area contributed by atoms with Gasteiger partial charge in [0, 0.05) is 44.4 Å². The van der Waals surface area contributed by atoms with Crippen LogP contribution in [-0.2, 0) is 4.74 Å². The highest BCUT2D eigenvalue weighted by Gasteiger charge is 2.50. The van der Waals surface area contributed by atoms with Crippen LogP contribution in [0.25, 0.3) is 0 Å². The van der Waals surface area contributed by atoms with E-state index in [0.717, 1.165) is 38.6 Å². The van der Waals surface area contributed by atoms with E-state index < -0.39 is 0 Å². The standard InChI is InChI=1S/C15H21N3O2/c1-2-12(3-1)18-10-15(11-18)8-13(4-7-19-15)20-14-9-16-5-6-17-14/h5-6,9,12-13H,1-4,7-8,10-11H2/t13-/m1/s1. The summed E-state index contributed by atoms with van der Waals surface area (Å²) in [5.41, 5.74) is 0.0424. The topological polar surface area (TPSA) is 47.5 Å². The van der Waals surface area contributed by atoms with Crippen molar-refractivity contribution in [3.8, 4) is 5.88 Å². The van der Waals surface area contributed by atoms with E-state index in [0.29, 0.717) is 5.88 Å². The molecule has 1 spiro atoms. The molecule has 1 atom stereocenters. The van der Waals surface area contributed by atoms with E-state index in [9.17, 15) is 0 Å². The molecule has 108 valence electrons. The maximum absolute atomic E-state index is 6.06. The van der Waals surface area contributed by atoms with Crippen LogP contribution in [0.1, 0.15) is 32.1 Å². The summed E-state index contributed by atoms with van der Waals surface area (Å²) in [5, 5.41) is 0. The molecule has 5 heteroatoms. The van der Waals surface area contributed by atoms with Gasteiger partial charge < -0.3 is 9.47 Å². The van der Waals surface area contributed by atoms with Crippen molar-refractivity contribution in [2.75, 3.05) is 19.7 Å². The molecule has 1 saturated carbocycles. The molecular weight excluding hydrogens is 254 g/mol. The SMILES string of the molecule is c1cnc(O[C@@H]2CCOC3(C2)CN(C2CCC2)C3)cn1. The highest BCUT2D eigenvalue weighted by atomic mass is 16.5. The van der Waals surface area contributed by atoms with Crippen LogP contribution in [0, 0.1) is 0 Å². The summed E-state index contributed by atoms with van der Waals surface area (Å²) in [5.74, 6) is 0.629. The monoisotopic (exact) mass is 275 g/mol. The molecule has 3 aliphatic rings. The van der Waals surface area contributed by atoms with Crippen molar-refractivity contribution in [2.24, 2.45) is 0 Å². The van der Waals surface area contributed by atoms with E-state index >= 15 is 0 Å².